The van der Waals surface area contributed by atoms with Gasteiger partial charge in [-0.3, -0.25) is 9.69 Å². The first kappa shape index (κ1) is 21.7. The molecule has 9 heteroatoms. The third kappa shape index (κ3) is 4.00. The summed E-state index contributed by atoms with van der Waals surface area (Å²) in [7, 11) is 1.94. The number of nitrogens with zero attached hydrogens (tertiary/aromatic N) is 5. The molecule has 1 aromatic carbocycles. The molecule has 0 unspecified atom stereocenters. The molecular formula is C25H27ClN6O2. The highest BCUT2D eigenvalue weighted by Gasteiger charge is 2.43. The molecule has 34 heavy (non-hydrogen) atoms. The third-order valence-corrected chi connectivity index (χ3v) is 7.35. The van der Waals surface area contributed by atoms with Crippen LogP contribution < -0.4 is 10.2 Å². The van der Waals surface area contributed by atoms with Crippen LogP contribution >= 0.6 is 11.6 Å². The van der Waals surface area contributed by atoms with Gasteiger partial charge in [-0.05, 0) is 60.2 Å². The fourth-order valence-corrected chi connectivity index (χ4v) is 5.05. The summed E-state index contributed by atoms with van der Waals surface area (Å²) in [5, 5.41) is 12.1. The lowest BCUT2D eigenvalue weighted by Crippen LogP contribution is -2.49. The number of aromatic nitrogens is 4. The predicted octanol–water partition coefficient (Wildman–Crippen LogP) is 3.03. The molecule has 0 bridgehead atoms. The molecule has 1 aliphatic carbocycles. The smallest absolute Gasteiger partial charge is 0.260 e. The van der Waals surface area contributed by atoms with Crippen LogP contribution in [-0.4, -0.2) is 45.4 Å². The number of hydrogen-bond acceptors (Lipinski definition) is 6. The lowest BCUT2D eigenvalue weighted by molar-refractivity contribution is -0.0611. The van der Waals surface area contributed by atoms with Crippen LogP contribution in [0.3, 0.4) is 0 Å². The first-order valence-electron chi connectivity index (χ1n) is 11.7. The van der Waals surface area contributed by atoms with Crippen LogP contribution in [0.2, 0.25) is 5.15 Å². The SMILES string of the molecule is Cn1cnnc1CC1(c2ccc3c(c2)C(=O)N(c2cc(CNCC4CC4)cc(Cl)n2)C3)COC1. The van der Waals surface area contributed by atoms with E-state index in [0.717, 1.165) is 47.1 Å². The first-order valence-corrected chi connectivity index (χ1v) is 12.1. The van der Waals surface area contributed by atoms with Gasteiger partial charge in [-0.25, -0.2) is 4.98 Å². The number of anilines is 1. The number of carbonyl (C=O) groups excluding carboxylic acids is 1. The van der Waals surface area contributed by atoms with Gasteiger partial charge in [-0.15, -0.1) is 10.2 Å². The fourth-order valence-electron chi connectivity index (χ4n) is 4.82. The Morgan fingerprint density at radius 1 is 1.24 bits per heavy atom. The molecule has 176 valence electrons. The number of ether oxygens (including phenoxy) is 1. The Bertz CT molecular complexity index is 1250. The van der Waals surface area contributed by atoms with E-state index >= 15 is 0 Å². The fraction of sp³-hybridized carbons (Fsp3) is 0.440. The molecule has 0 spiro atoms. The Hall–Kier alpha value is -2.81. The Morgan fingerprint density at radius 3 is 2.79 bits per heavy atom. The number of carbonyl (C=O) groups is 1. The molecule has 8 nitrogen and oxygen atoms in total. The molecular weight excluding hydrogens is 452 g/mol. The molecule has 1 N–H and O–H groups in total. The number of nitrogens with one attached hydrogen (secondary N) is 1. The van der Waals surface area contributed by atoms with Gasteiger partial charge in [0.15, 0.2) is 0 Å². The zero-order valence-electron chi connectivity index (χ0n) is 19.1. The largest absolute Gasteiger partial charge is 0.379 e. The number of fused-ring (bicyclic) bond motifs is 1. The van der Waals surface area contributed by atoms with Crippen LogP contribution in [0.5, 0.6) is 0 Å². The van der Waals surface area contributed by atoms with Gasteiger partial charge >= 0.3 is 0 Å². The van der Waals surface area contributed by atoms with Crippen molar-refractivity contribution in [2.24, 2.45) is 13.0 Å². The summed E-state index contributed by atoms with van der Waals surface area (Å²) < 4.78 is 7.54. The summed E-state index contributed by atoms with van der Waals surface area (Å²) in [5.41, 5.74) is 3.65. The number of aryl methyl sites for hydroxylation is 1. The van der Waals surface area contributed by atoms with Gasteiger partial charge in [-0.2, -0.15) is 0 Å². The van der Waals surface area contributed by atoms with Gasteiger partial charge in [0.1, 0.15) is 23.1 Å². The minimum Gasteiger partial charge on any atom is -0.379 e. The second-order valence-corrected chi connectivity index (χ2v) is 10.2. The van der Waals surface area contributed by atoms with Crippen LogP contribution in [0.25, 0.3) is 0 Å². The minimum absolute atomic E-state index is 0.0439. The first-order chi connectivity index (χ1) is 16.5. The summed E-state index contributed by atoms with van der Waals surface area (Å²) in [5.74, 6) is 2.26. The molecule has 2 aliphatic heterocycles. The van der Waals surface area contributed by atoms with E-state index in [-0.39, 0.29) is 11.3 Å². The van der Waals surface area contributed by atoms with Crippen molar-refractivity contribution >= 4 is 23.3 Å². The van der Waals surface area contributed by atoms with Crippen molar-refractivity contribution in [3.05, 3.63) is 69.9 Å². The van der Waals surface area contributed by atoms with Crippen molar-refractivity contribution in [2.75, 3.05) is 24.7 Å². The van der Waals surface area contributed by atoms with Crippen LogP contribution in [0.1, 0.15) is 45.7 Å². The monoisotopic (exact) mass is 478 g/mol. The number of pyridine rings is 1. The van der Waals surface area contributed by atoms with Gasteiger partial charge in [0.25, 0.3) is 5.91 Å². The van der Waals surface area contributed by atoms with Crippen LogP contribution in [0.4, 0.5) is 5.82 Å². The minimum atomic E-state index is -0.196. The number of amides is 1. The van der Waals surface area contributed by atoms with E-state index in [1.807, 2.05) is 29.8 Å². The van der Waals surface area contributed by atoms with E-state index in [4.69, 9.17) is 16.3 Å². The van der Waals surface area contributed by atoms with Crippen molar-refractivity contribution in [3.8, 4) is 0 Å². The van der Waals surface area contributed by atoms with Crippen molar-refractivity contribution in [2.45, 2.75) is 37.8 Å². The molecule has 0 radical (unpaired) electrons. The van der Waals surface area contributed by atoms with E-state index in [0.29, 0.717) is 37.2 Å². The topological polar surface area (TPSA) is 85.2 Å². The molecule has 1 amide bonds. The summed E-state index contributed by atoms with van der Waals surface area (Å²) in [4.78, 5) is 19.6. The van der Waals surface area contributed by atoms with Gasteiger partial charge in [-0.1, -0.05) is 23.7 Å². The van der Waals surface area contributed by atoms with Crippen LogP contribution in [0, 0.1) is 5.92 Å². The van der Waals surface area contributed by atoms with Crippen molar-refractivity contribution in [1.82, 2.24) is 25.1 Å². The lowest BCUT2D eigenvalue weighted by Gasteiger charge is -2.41. The van der Waals surface area contributed by atoms with Gasteiger partial charge < -0.3 is 14.6 Å². The van der Waals surface area contributed by atoms with Gasteiger partial charge in [0, 0.05) is 31.0 Å². The maximum Gasteiger partial charge on any atom is 0.260 e. The van der Waals surface area contributed by atoms with E-state index < -0.39 is 0 Å². The molecule has 4 heterocycles. The van der Waals surface area contributed by atoms with Crippen LogP contribution in [0.15, 0.2) is 36.7 Å². The summed E-state index contributed by atoms with van der Waals surface area (Å²) >= 11 is 6.33. The van der Waals surface area contributed by atoms with Crippen LogP contribution in [-0.2, 0) is 36.7 Å². The van der Waals surface area contributed by atoms with E-state index in [1.165, 1.54) is 12.8 Å². The zero-order chi connectivity index (χ0) is 23.3. The number of hydrogen-bond donors (Lipinski definition) is 1. The highest BCUT2D eigenvalue weighted by atomic mass is 35.5. The summed E-state index contributed by atoms with van der Waals surface area (Å²) in [6.07, 6.45) is 5.04. The number of rotatable bonds is 8. The molecule has 0 atom stereocenters. The Labute approximate surface area is 203 Å². The molecule has 6 rings (SSSR count). The Kier molecular flexibility index (Phi) is 5.39. The van der Waals surface area contributed by atoms with Crippen molar-refractivity contribution < 1.29 is 9.53 Å². The van der Waals surface area contributed by atoms with Crippen molar-refractivity contribution in [1.29, 1.82) is 0 Å². The second-order valence-electron chi connectivity index (χ2n) is 9.80. The van der Waals surface area contributed by atoms with Gasteiger partial charge in [0.05, 0.1) is 19.8 Å². The Morgan fingerprint density at radius 2 is 2.09 bits per heavy atom. The lowest BCUT2D eigenvalue weighted by atomic mass is 9.75. The normalized spacial score (nSPS) is 18.8. The molecule has 1 saturated heterocycles. The summed E-state index contributed by atoms with van der Waals surface area (Å²) in [6, 6.07) is 10.0. The molecule has 1 saturated carbocycles. The molecule has 2 fully saturated rings. The highest BCUT2D eigenvalue weighted by Crippen LogP contribution is 2.38. The Balaban J connectivity index is 1.24. The maximum absolute atomic E-state index is 13.5. The van der Waals surface area contributed by atoms with E-state index in [9.17, 15) is 4.79 Å². The predicted molar refractivity (Wildman–Crippen MR) is 128 cm³/mol. The number of benzene rings is 1. The zero-order valence-corrected chi connectivity index (χ0v) is 19.9. The van der Waals surface area contributed by atoms with Gasteiger partial charge in [0.2, 0.25) is 0 Å². The second kappa shape index (κ2) is 8.45. The molecule has 3 aliphatic rings. The summed E-state index contributed by atoms with van der Waals surface area (Å²) in [6.45, 7) is 3.43. The molecule has 3 aromatic rings. The highest BCUT2D eigenvalue weighted by molar-refractivity contribution is 6.29. The van der Waals surface area contributed by atoms with Crippen molar-refractivity contribution in [3.63, 3.8) is 0 Å². The average Bonchev–Trinajstić information content (AvgIpc) is 3.44. The maximum atomic E-state index is 13.5. The average molecular weight is 479 g/mol. The van der Waals surface area contributed by atoms with E-state index in [2.05, 4.69) is 32.6 Å². The van der Waals surface area contributed by atoms with E-state index in [1.54, 1.807) is 11.2 Å². The molecule has 2 aromatic heterocycles. The number of halogens is 1. The third-order valence-electron chi connectivity index (χ3n) is 7.16. The quantitative estimate of drug-likeness (QED) is 0.501. The standard InChI is InChI=1S/C25H27ClN6O2/c1-31-15-28-30-23(31)9-25(13-34-14-25)19-5-4-18-12-32(24(33)20(18)8-19)22-7-17(6-21(26)29-22)11-27-10-16-2-3-16/h4-8,15-16,27H,2-3,9-14H2,1H3.